The summed E-state index contributed by atoms with van der Waals surface area (Å²) in [7, 11) is 4.77. The van der Waals surface area contributed by atoms with Crippen molar-refractivity contribution < 1.29 is 14.2 Å². The Balaban J connectivity index is 1.83. The molecule has 0 radical (unpaired) electrons. The quantitative estimate of drug-likeness (QED) is 0.588. The predicted molar refractivity (Wildman–Crippen MR) is 103 cm³/mol. The van der Waals surface area contributed by atoms with Crippen LogP contribution in [-0.4, -0.2) is 35.9 Å². The van der Waals surface area contributed by atoms with Crippen molar-refractivity contribution in [3.8, 4) is 17.2 Å². The molecule has 0 fully saturated rings. The minimum atomic E-state index is -0.153. The molecule has 0 aliphatic rings. The van der Waals surface area contributed by atoms with Gasteiger partial charge in [-0.25, -0.2) is 4.98 Å². The first kappa shape index (κ1) is 17.0. The van der Waals surface area contributed by atoms with Crippen LogP contribution in [0.2, 0.25) is 0 Å². The Kier molecular flexibility index (Phi) is 4.19. The second-order valence-electron chi connectivity index (χ2n) is 6.09. The fraction of sp³-hybridized carbons (Fsp3) is 0.200. The summed E-state index contributed by atoms with van der Waals surface area (Å²) in [4.78, 5) is 20.7. The van der Waals surface area contributed by atoms with Crippen LogP contribution in [0.3, 0.4) is 0 Å². The molecule has 1 N–H and O–H groups in total. The van der Waals surface area contributed by atoms with Crippen molar-refractivity contribution in [3.05, 3.63) is 58.6 Å². The van der Waals surface area contributed by atoms with Crippen LogP contribution in [0.25, 0.3) is 21.9 Å². The van der Waals surface area contributed by atoms with Gasteiger partial charge in [-0.2, -0.15) is 0 Å². The van der Waals surface area contributed by atoms with Gasteiger partial charge in [-0.1, -0.05) is 12.1 Å². The third kappa shape index (κ3) is 2.77. The van der Waals surface area contributed by atoms with E-state index in [1.165, 1.54) is 0 Å². The van der Waals surface area contributed by atoms with Gasteiger partial charge in [0.2, 0.25) is 0 Å². The molecule has 2 heterocycles. The molecular weight excluding hydrogens is 346 g/mol. The maximum Gasteiger partial charge on any atom is 0.277 e. The lowest BCUT2D eigenvalue weighted by Crippen LogP contribution is -2.21. The monoisotopic (exact) mass is 365 g/mol. The highest BCUT2D eigenvalue weighted by atomic mass is 16.5. The highest BCUT2D eigenvalue weighted by Crippen LogP contribution is 2.31. The second-order valence-corrected chi connectivity index (χ2v) is 6.09. The molecule has 4 aromatic rings. The summed E-state index contributed by atoms with van der Waals surface area (Å²) < 4.78 is 17.6. The van der Waals surface area contributed by atoms with Crippen molar-refractivity contribution >= 4 is 21.9 Å². The number of methoxy groups -OCH3 is 3. The number of hydrogen-bond donors (Lipinski definition) is 1. The molecule has 0 atom stereocenters. The molecule has 138 valence electrons. The smallest absolute Gasteiger partial charge is 0.277 e. The third-order valence-electron chi connectivity index (χ3n) is 4.60. The van der Waals surface area contributed by atoms with Gasteiger partial charge in [-0.15, -0.1) is 0 Å². The van der Waals surface area contributed by atoms with E-state index in [0.717, 1.165) is 22.2 Å². The van der Waals surface area contributed by atoms with Crippen molar-refractivity contribution in [1.82, 2.24) is 14.5 Å². The zero-order chi connectivity index (χ0) is 19.0. The Morgan fingerprint density at radius 2 is 1.93 bits per heavy atom. The van der Waals surface area contributed by atoms with Gasteiger partial charge in [0.1, 0.15) is 16.8 Å². The van der Waals surface area contributed by atoms with E-state index in [1.807, 2.05) is 36.4 Å². The average molecular weight is 365 g/mol. The lowest BCUT2D eigenvalue weighted by Gasteiger charge is -2.13. The van der Waals surface area contributed by atoms with Crippen LogP contribution in [0.5, 0.6) is 17.2 Å². The van der Waals surface area contributed by atoms with Crippen molar-refractivity contribution in [2.75, 3.05) is 21.3 Å². The van der Waals surface area contributed by atoms with Gasteiger partial charge in [-0.05, 0) is 24.3 Å². The standard InChI is InChI=1S/C20H19N3O4/c1-25-13-7-8-15-14(9-13)17-18(22-15)20(24)23(11-21-17)10-12-5-4-6-16(26-2)19(12)27-3/h4-9,11,22H,10H2,1-3H3. The van der Waals surface area contributed by atoms with Crippen LogP contribution in [0.4, 0.5) is 0 Å². The Hall–Kier alpha value is -3.48. The highest BCUT2D eigenvalue weighted by Gasteiger charge is 2.14. The van der Waals surface area contributed by atoms with Crippen LogP contribution in [0.1, 0.15) is 5.56 Å². The minimum absolute atomic E-state index is 0.153. The molecule has 0 saturated carbocycles. The zero-order valence-electron chi connectivity index (χ0n) is 15.3. The second kappa shape index (κ2) is 6.68. The van der Waals surface area contributed by atoms with E-state index in [9.17, 15) is 4.79 Å². The van der Waals surface area contributed by atoms with Crippen molar-refractivity contribution in [2.24, 2.45) is 0 Å². The molecule has 7 nitrogen and oxygen atoms in total. The maximum absolute atomic E-state index is 13.0. The molecule has 0 unspecified atom stereocenters. The first-order valence-corrected chi connectivity index (χ1v) is 8.41. The number of aromatic amines is 1. The van der Waals surface area contributed by atoms with Gasteiger partial charge in [0.05, 0.1) is 34.2 Å². The number of aromatic nitrogens is 3. The lowest BCUT2D eigenvalue weighted by atomic mass is 10.2. The number of nitrogens with zero attached hydrogens (tertiary/aromatic N) is 2. The van der Waals surface area contributed by atoms with E-state index >= 15 is 0 Å². The minimum Gasteiger partial charge on any atom is -0.497 e. The van der Waals surface area contributed by atoms with Gasteiger partial charge in [0.25, 0.3) is 5.56 Å². The molecule has 2 aromatic carbocycles. The molecule has 0 bridgehead atoms. The van der Waals surface area contributed by atoms with Crippen molar-refractivity contribution in [3.63, 3.8) is 0 Å². The van der Waals surface area contributed by atoms with E-state index in [2.05, 4.69) is 9.97 Å². The zero-order valence-corrected chi connectivity index (χ0v) is 15.3. The van der Waals surface area contributed by atoms with E-state index in [-0.39, 0.29) is 5.56 Å². The van der Waals surface area contributed by atoms with Crippen LogP contribution in [0, 0.1) is 0 Å². The predicted octanol–water partition coefficient (Wildman–Crippen LogP) is 2.95. The Labute approximate surface area is 155 Å². The van der Waals surface area contributed by atoms with Crippen LogP contribution in [-0.2, 0) is 6.54 Å². The molecule has 0 amide bonds. The topological polar surface area (TPSA) is 78.4 Å². The summed E-state index contributed by atoms with van der Waals surface area (Å²) in [5.41, 5.74) is 2.61. The number of nitrogens with one attached hydrogen (secondary N) is 1. The fourth-order valence-corrected chi connectivity index (χ4v) is 3.27. The number of para-hydroxylation sites is 1. The lowest BCUT2D eigenvalue weighted by molar-refractivity contribution is 0.351. The van der Waals surface area contributed by atoms with E-state index in [0.29, 0.717) is 29.1 Å². The Morgan fingerprint density at radius 1 is 1.07 bits per heavy atom. The summed E-state index contributed by atoms with van der Waals surface area (Å²) >= 11 is 0. The van der Waals surface area contributed by atoms with Crippen molar-refractivity contribution in [2.45, 2.75) is 6.54 Å². The summed E-state index contributed by atoms with van der Waals surface area (Å²) in [5.74, 6) is 1.94. The first-order valence-electron chi connectivity index (χ1n) is 8.41. The van der Waals surface area contributed by atoms with Crippen LogP contribution in [0.15, 0.2) is 47.5 Å². The molecule has 2 aromatic heterocycles. The van der Waals surface area contributed by atoms with E-state index < -0.39 is 0 Å². The number of H-pyrrole nitrogens is 1. The number of fused-ring (bicyclic) bond motifs is 3. The van der Waals surface area contributed by atoms with Crippen molar-refractivity contribution in [1.29, 1.82) is 0 Å². The molecule has 27 heavy (non-hydrogen) atoms. The van der Waals surface area contributed by atoms with E-state index in [4.69, 9.17) is 14.2 Å². The van der Waals surface area contributed by atoms with Gasteiger partial charge in [0, 0.05) is 16.5 Å². The molecule has 7 heteroatoms. The Bertz CT molecular complexity index is 1190. The average Bonchev–Trinajstić information content (AvgIpc) is 3.08. The normalized spacial score (nSPS) is 11.1. The van der Waals surface area contributed by atoms with E-state index in [1.54, 1.807) is 32.2 Å². The largest absolute Gasteiger partial charge is 0.497 e. The van der Waals surface area contributed by atoms with Gasteiger partial charge in [0.15, 0.2) is 11.5 Å². The summed E-state index contributed by atoms with van der Waals surface area (Å²) in [6, 6.07) is 11.2. The summed E-state index contributed by atoms with van der Waals surface area (Å²) in [5, 5.41) is 0.854. The van der Waals surface area contributed by atoms with Gasteiger partial charge >= 0.3 is 0 Å². The van der Waals surface area contributed by atoms with Gasteiger partial charge in [-0.3, -0.25) is 9.36 Å². The highest BCUT2D eigenvalue weighted by molar-refractivity contribution is 6.04. The summed E-state index contributed by atoms with van der Waals surface area (Å²) in [6.07, 6.45) is 1.55. The van der Waals surface area contributed by atoms with Crippen LogP contribution < -0.4 is 19.8 Å². The maximum atomic E-state index is 13.0. The van der Waals surface area contributed by atoms with Gasteiger partial charge < -0.3 is 19.2 Å². The molecule has 4 rings (SSSR count). The van der Waals surface area contributed by atoms with Crippen LogP contribution >= 0.6 is 0 Å². The molecule has 0 spiro atoms. The molecule has 0 saturated heterocycles. The molecular formula is C20H19N3O4. The number of rotatable bonds is 5. The molecule has 0 aliphatic heterocycles. The Morgan fingerprint density at radius 3 is 2.67 bits per heavy atom. The number of ether oxygens (including phenoxy) is 3. The fourth-order valence-electron chi connectivity index (χ4n) is 3.27. The third-order valence-corrected chi connectivity index (χ3v) is 4.60. The number of benzene rings is 2. The number of hydrogen-bond acceptors (Lipinski definition) is 5. The molecule has 0 aliphatic carbocycles. The first-order chi connectivity index (χ1) is 13.2. The SMILES string of the molecule is COc1ccc2[nH]c3c(=O)n(Cc4cccc(OC)c4OC)cnc3c2c1. The summed E-state index contributed by atoms with van der Waals surface area (Å²) in [6.45, 7) is 0.320.